The van der Waals surface area contributed by atoms with Crippen LogP contribution >= 0.6 is 0 Å². The van der Waals surface area contributed by atoms with Crippen molar-refractivity contribution in [1.29, 1.82) is 0 Å². The number of aromatic amines is 2. The molecule has 1 unspecified atom stereocenters. The van der Waals surface area contributed by atoms with Gasteiger partial charge in [-0.25, -0.2) is 19.6 Å². The summed E-state index contributed by atoms with van der Waals surface area (Å²) in [6.07, 6.45) is 3.64. The van der Waals surface area contributed by atoms with Gasteiger partial charge in [-0.2, -0.15) is 0 Å². The Morgan fingerprint density at radius 3 is 1.77 bits per heavy atom. The van der Waals surface area contributed by atoms with Gasteiger partial charge in [-0.05, 0) is 66.3 Å². The summed E-state index contributed by atoms with van der Waals surface area (Å²) in [4.78, 5) is 68.9. The monoisotopic (exact) mass is 804 g/mol. The third-order valence-corrected chi connectivity index (χ3v) is 10.2. The molecule has 2 aromatic heterocycles. The Bertz CT molecular complexity index is 2490. The number of alkyl carbamates (subject to hydrolysis) is 2. The molecule has 1 saturated heterocycles. The lowest BCUT2D eigenvalue weighted by Gasteiger charge is -2.28. The van der Waals surface area contributed by atoms with Crippen LogP contribution in [0.5, 0.6) is 0 Å². The van der Waals surface area contributed by atoms with Crippen molar-refractivity contribution < 1.29 is 28.7 Å². The fourth-order valence-corrected chi connectivity index (χ4v) is 7.04. The molecule has 4 atom stereocenters. The van der Waals surface area contributed by atoms with Gasteiger partial charge in [0.05, 0.1) is 50.1 Å². The van der Waals surface area contributed by atoms with Crippen molar-refractivity contribution in [3.8, 4) is 34.4 Å². The van der Waals surface area contributed by atoms with Crippen molar-refractivity contribution in [2.75, 3.05) is 20.8 Å². The second kappa shape index (κ2) is 18.7. The van der Waals surface area contributed by atoms with Gasteiger partial charge in [0.15, 0.2) is 0 Å². The number of hydrogen-bond donors (Lipinski definition) is 5. The van der Waals surface area contributed by atoms with Crippen LogP contribution in [0.3, 0.4) is 0 Å². The van der Waals surface area contributed by atoms with E-state index in [0.717, 1.165) is 46.5 Å². The summed E-state index contributed by atoms with van der Waals surface area (Å²) < 4.78 is 9.54. The number of likely N-dealkylation sites (tertiary alicyclic amines) is 1. The van der Waals surface area contributed by atoms with Gasteiger partial charge in [-0.15, -0.1) is 0 Å². The van der Waals surface area contributed by atoms with Crippen LogP contribution in [0.25, 0.3) is 22.5 Å². The highest BCUT2D eigenvalue weighted by atomic mass is 16.5. The van der Waals surface area contributed by atoms with E-state index in [9.17, 15) is 19.2 Å². The summed E-state index contributed by atoms with van der Waals surface area (Å²) in [5.41, 5.74) is 6.37. The topological polar surface area (TPSA) is 183 Å². The summed E-state index contributed by atoms with van der Waals surface area (Å²) in [5, 5.41) is 8.21. The molecule has 14 nitrogen and oxygen atoms in total. The first kappa shape index (κ1) is 40.5. The maximum atomic E-state index is 13.8. The number of imidazole rings is 2. The number of hydrogen-bond acceptors (Lipinski definition) is 8. The van der Waals surface area contributed by atoms with Crippen LogP contribution in [0.4, 0.5) is 9.59 Å². The minimum atomic E-state index is -0.945. The largest absolute Gasteiger partial charge is 0.453 e. The highest BCUT2D eigenvalue weighted by Crippen LogP contribution is 2.34. The number of amides is 4. The van der Waals surface area contributed by atoms with Crippen molar-refractivity contribution in [2.45, 2.75) is 43.9 Å². The second-order valence-corrected chi connectivity index (χ2v) is 14.1. The van der Waals surface area contributed by atoms with E-state index in [4.69, 9.17) is 9.47 Å². The normalized spacial score (nSPS) is 14.8. The molecule has 1 aliphatic heterocycles. The van der Waals surface area contributed by atoms with E-state index in [-0.39, 0.29) is 11.9 Å². The average Bonchev–Trinajstić information content (AvgIpc) is 4.10. The zero-order valence-corrected chi connectivity index (χ0v) is 33.3. The standard InChI is InChI=1S/C46H44N8O6/c1-29(49-43(55)39(52-45(57)59-2)34-11-6-4-7-12-34)41-47-27-36(50-41)32-22-18-30(19-23-32)16-17-31-20-24-33(25-21-31)37-28-48-42(51-37)38-15-10-26-54(38)44(56)40(53-46(58)60-3)35-13-8-5-9-14-35/h4-9,11-14,18-25,27-29,38-40H,10,15,26H2,1-3H3,(H,47,50)(H,48,51)(H,49,55)(H,52,57)(H,53,58)/t29-,38-,39?,40+/m0/s1. The maximum Gasteiger partial charge on any atom is 0.407 e. The predicted octanol–water partition coefficient (Wildman–Crippen LogP) is 6.90. The molecule has 4 amide bonds. The summed E-state index contributed by atoms with van der Waals surface area (Å²) in [6, 6.07) is 31.1. The van der Waals surface area contributed by atoms with Crippen LogP contribution in [-0.2, 0) is 19.1 Å². The zero-order valence-electron chi connectivity index (χ0n) is 33.3. The van der Waals surface area contributed by atoms with Crippen LogP contribution < -0.4 is 16.0 Å². The summed E-state index contributed by atoms with van der Waals surface area (Å²) in [5.74, 6) is 7.06. The van der Waals surface area contributed by atoms with Crippen molar-refractivity contribution in [3.63, 3.8) is 0 Å². The molecule has 7 rings (SSSR count). The van der Waals surface area contributed by atoms with Crippen LogP contribution in [0.15, 0.2) is 122 Å². The van der Waals surface area contributed by atoms with E-state index in [0.29, 0.717) is 29.3 Å². The molecule has 0 aliphatic carbocycles. The number of ether oxygens (including phenoxy) is 2. The Balaban J connectivity index is 0.964. The quantitative estimate of drug-likeness (QED) is 0.0877. The van der Waals surface area contributed by atoms with Crippen molar-refractivity contribution >= 4 is 24.0 Å². The average molecular weight is 805 g/mol. The number of methoxy groups -OCH3 is 2. The van der Waals surface area contributed by atoms with Crippen LogP contribution in [0.1, 0.15) is 77.8 Å². The first-order valence-electron chi connectivity index (χ1n) is 19.4. The minimum Gasteiger partial charge on any atom is -0.453 e. The fourth-order valence-electron chi connectivity index (χ4n) is 7.04. The Hall–Kier alpha value is -7.66. The molecule has 4 aromatic carbocycles. The van der Waals surface area contributed by atoms with E-state index >= 15 is 0 Å². The van der Waals surface area contributed by atoms with Gasteiger partial charge >= 0.3 is 12.2 Å². The van der Waals surface area contributed by atoms with Gasteiger partial charge in [0, 0.05) is 17.7 Å². The Kier molecular flexibility index (Phi) is 12.7. The third-order valence-electron chi connectivity index (χ3n) is 10.2. The molecular formula is C46H44N8O6. The maximum absolute atomic E-state index is 13.8. The van der Waals surface area contributed by atoms with Crippen LogP contribution in [0.2, 0.25) is 0 Å². The Labute approximate surface area is 347 Å². The molecule has 304 valence electrons. The molecule has 3 heterocycles. The van der Waals surface area contributed by atoms with Gasteiger partial charge in [0.25, 0.3) is 5.91 Å². The van der Waals surface area contributed by atoms with Gasteiger partial charge in [-0.3, -0.25) is 9.59 Å². The van der Waals surface area contributed by atoms with Crippen LogP contribution in [0, 0.1) is 11.8 Å². The van der Waals surface area contributed by atoms with Crippen LogP contribution in [-0.4, -0.2) is 69.6 Å². The first-order valence-corrected chi connectivity index (χ1v) is 19.4. The molecule has 1 aliphatic rings. The van der Waals surface area contributed by atoms with Crippen molar-refractivity contribution in [1.82, 2.24) is 40.8 Å². The number of H-pyrrole nitrogens is 2. The Morgan fingerprint density at radius 2 is 1.20 bits per heavy atom. The minimum absolute atomic E-state index is 0.224. The zero-order chi connectivity index (χ0) is 42.0. The molecule has 0 spiro atoms. The number of carbonyl (C=O) groups excluding carboxylic acids is 4. The molecular weight excluding hydrogens is 761 g/mol. The van der Waals surface area contributed by atoms with Gasteiger partial charge in [0.1, 0.15) is 23.7 Å². The summed E-state index contributed by atoms with van der Waals surface area (Å²) in [7, 11) is 2.52. The predicted molar refractivity (Wildman–Crippen MR) is 224 cm³/mol. The number of nitrogens with one attached hydrogen (secondary N) is 5. The number of rotatable bonds is 11. The molecule has 0 saturated carbocycles. The van der Waals surface area contributed by atoms with Gasteiger partial charge in [0.2, 0.25) is 5.91 Å². The molecule has 14 heteroatoms. The summed E-state index contributed by atoms with van der Waals surface area (Å²) >= 11 is 0. The van der Waals surface area contributed by atoms with Gasteiger partial charge < -0.3 is 40.3 Å². The first-order chi connectivity index (χ1) is 29.2. The SMILES string of the molecule is COC(=O)NC(C(=O)N[C@@H](C)c1ncc(-c2ccc(C#Cc3ccc(-c4cnc([C@@H]5CCCN5C(=O)[C@H](NC(=O)OC)c5ccccc5)[nH]4)cc3)cc2)[nH]1)c1ccccc1. The van der Waals surface area contributed by atoms with E-state index < -0.39 is 36.2 Å². The van der Waals surface area contributed by atoms with E-state index in [1.807, 2.05) is 91.9 Å². The summed E-state index contributed by atoms with van der Waals surface area (Å²) in [6.45, 7) is 2.35. The van der Waals surface area contributed by atoms with E-state index in [1.54, 1.807) is 41.6 Å². The highest BCUT2D eigenvalue weighted by molar-refractivity contribution is 5.88. The molecule has 6 aromatic rings. The number of benzene rings is 4. The lowest BCUT2D eigenvalue weighted by atomic mass is 10.1. The van der Waals surface area contributed by atoms with E-state index in [2.05, 4.69) is 47.7 Å². The van der Waals surface area contributed by atoms with Gasteiger partial charge in [-0.1, -0.05) is 96.8 Å². The molecule has 0 radical (unpaired) electrons. The highest BCUT2D eigenvalue weighted by Gasteiger charge is 2.37. The second-order valence-electron chi connectivity index (χ2n) is 14.1. The lowest BCUT2D eigenvalue weighted by molar-refractivity contribution is -0.134. The fraction of sp³-hybridized carbons (Fsp3) is 0.217. The van der Waals surface area contributed by atoms with E-state index in [1.165, 1.54) is 14.2 Å². The lowest BCUT2D eigenvalue weighted by Crippen LogP contribution is -2.42. The molecule has 0 bridgehead atoms. The third kappa shape index (κ3) is 9.54. The number of aromatic nitrogens is 4. The molecule has 1 fully saturated rings. The molecule has 60 heavy (non-hydrogen) atoms. The number of carbonyl (C=O) groups is 4. The van der Waals surface area contributed by atoms with Crippen molar-refractivity contribution in [2.24, 2.45) is 0 Å². The smallest absolute Gasteiger partial charge is 0.407 e. The molecule has 5 N–H and O–H groups in total. The number of nitrogens with zero attached hydrogens (tertiary/aromatic N) is 3. The Morgan fingerprint density at radius 1 is 0.683 bits per heavy atom. The van der Waals surface area contributed by atoms with Crippen molar-refractivity contribution in [3.05, 3.63) is 155 Å².